The Bertz CT molecular complexity index is 1010. The summed E-state index contributed by atoms with van der Waals surface area (Å²) in [7, 11) is 1.58. The molecule has 3 aromatic carbocycles. The molecule has 1 N–H and O–H groups in total. The van der Waals surface area contributed by atoms with Gasteiger partial charge in [0.2, 0.25) is 5.91 Å². The first kappa shape index (κ1) is 21.9. The van der Waals surface area contributed by atoms with Crippen LogP contribution in [0.2, 0.25) is 0 Å². The fourth-order valence-corrected chi connectivity index (χ4v) is 2.98. The molecule has 0 spiro atoms. The third kappa shape index (κ3) is 6.34. The molecule has 0 fully saturated rings. The van der Waals surface area contributed by atoms with Gasteiger partial charge in [0.15, 0.2) is 6.61 Å². The molecule has 160 valence electrons. The highest BCUT2D eigenvalue weighted by molar-refractivity contribution is 5.95. The molecule has 3 rings (SSSR count). The van der Waals surface area contributed by atoms with Gasteiger partial charge in [-0.15, -0.1) is 0 Å². The topological polar surface area (TPSA) is 67.9 Å². The van der Waals surface area contributed by atoms with Crippen LogP contribution in [-0.4, -0.2) is 36.9 Å². The van der Waals surface area contributed by atoms with Crippen molar-refractivity contribution >= 4 is 17.5 Å². The summed E-state index contributed by atoms with van der Waals surface area (Å²) in [6.45, 7) is 3.65. The first-order valence-corrected chi connectivity index (χ1v) is 9.98. The van der Waals surface area contributed by atoms with Crippen LogP contribution >= 0.6 is 0 Å². The predicted molar refractivity (Wildman–Crippen MR) is 121 cm³/mol. The number of benzene rings is 3. The van der Waals surface area contributed by atoms with Gasteiger partial charge < -0.3 is 19.7 Å². The van der Waals surface area contributed by atoms with Gasteiger partial charge in [0.1, 0.15) is 17.2 Å². The first-order chi connectivity index (χ1) is 14.9. The number of ether oxygens (including phenoxy) is 2. The normalized spacial score (nSPS) is 10.3. The third-order valence-corrected chi connectivity index (χ3v) is 4.72. The molecule has 6 nitrogen and oxygen atoms in total. The number of anilines is 1. The van der Waals surface area contributed by atoms with Crippen molar-refractivity contribution in [3.05, 3.63) is 83.9 Å². The minimum absolute atomic E-state index is 0.0557. The second kappa shape index (κ2) is 10.3. The highest BCUT2D eigenvalue weighted by atomic mass is 16.5. The maximum atomic E-state index is 12.3. The zero-order valence-corrected chi connectivity index (χ0v) is 17.9. The highest BCUT2D eigenvalue weighted by Crippen LogP contribution is 2.23. The Morgan fingerprint density at radius 3 is 2.03 bits per heavy atom. The van der Waals surface area contributed by atoms with E-state index in [0.717, 1.165) is 22.6 Å². The molecule has 2 amide bonds. The van der Waals surface area contributed by atoms with E-state index in [0.29, 0.717) is 11.5 Å². The van der Waals surface area contributed by atoms with Gasteiger partial charge in [0, 0.05) is 12.7 Å². The molecule has 0 saturated carbocycles. The smallest absolute Gasteiger partial charge is 0.260 e. The number of para-hydroxylation sites is 2. The van der Waals surface area contributed by atoms with Crippen molar-refractivity contribution in [3.63, 3.8) is 0 Å². The molecule has 0 aliphatic heterocycles. The van der Waals surface area contributed by atoms with Gasteiger partial charge in [0.25, 0.3) is 5.91 Å². The number of amides is 2. The van der Waals surface area contributed by atoms with E-state index in [9.17, 15) is 9.59 Å². The van der Waals surface area contributed by atoms with Crippen LogP contribution in [0.4, 0.5) is 5.69 Å². The van der Waals surface area contributed by atoms with Crippen LogP contribution in [0.5, 0.6) is 17.2 Å². The molecule has 31 heavy (non-hydrogen) atoms. The molecule has 0 aliphatic rings. The average molecular weight is 418 g/mol. The minimum atomic E-state index is -0.290. The van der Waals surface area contributed by atoms with E-state index in [4.69, 9.17) is 9.47 Å². The fourth-order valence-electron chi connectivity index (χ4n) is 2.98. The van der Waals surface area contributed by atoms with E-state index >= 15 is 0 Å². The van der Waals surface area contributed by atoms with Crippen molar-refractivity contribution in [1.82, 2.24) is 4.90 Å². The van der Waals surface area contributed by atoms with Crippen LogP contribution in [0, 0.1) is 13.8 Å². The number of likely N-dealkylation sites (N-methyl/N-ethyl adjacent to an activating group) is 1. The molecule has 0 aromatic heterocycles. The number of hydrogen-bond acceptors (Lipinski definition) is 4. The lowest BCUT2D eigenvalue weighted by molar-refractivity contribution is -0.135. The molecule has 0 unspecified atom stereocenters. The molecular formula is C25H26N2O4. The van der Waals surface area contributed by atoms with Gasteiger partial charge in [-0.3, -0.25) is 9.59 Å². The summed E-state index contributed by atoms with van der Waals surface area (Å²) in [5.41, 5.74) is 2.73. The second-order valence-corrected chi connectivity index (χ2v) is 7.24. The Labute approximate surface area is 182 Å². The number of carbonyl (C=O) groups is 2. The van der Waals surface area contributed by atoms with Gasteiger partial charge >= 0.3 is 0 Å². The van der Waals surface area contributed by atoms with Crippen LogP contribution in [0.1, 0.15) is 11.1 Å². The van der Waals surface area contributed by atoms with E-state index < -0.39 is 0 Å². The standard InChI is InChI=1S/C25H26N2O4/c1-18-8-7-9-19(2)25(18)26-23(28)16-27(3)24(29)17-30-20-12-14-22(15-13-20)31-21-10-5-4-6-11-21/h4-15H,16-17H2,1-3H3,(H,26,28). The van der Waals surface area contributed by atoms with E-state index in [1.165, 1.54) is 4.90 Å². The Morgan fingerprint density at radius 1 is 0.806 bits per heavy atom. The maximum Gasteiger partial charge on any atom is 0.260 e. The van der Waals surface area contributed by atoms with Crippen molar-refractivity contribution in [2.24, 2.45) is 0 Å². The Morgan fingerprint density at radius 2 is 1.39 bits per heavy atom. The largest absolute Gasteiger partial charge is 0.484 e. The van der Waals surface area contributed by atoms with E-state index in [-0.39, 0.29) is 25.0 Å². The number of aryl methyl sites for hydroxylation is 2. The Hall–Kier alpha value is -3.80. The number of hydrogen-bond donors (Lipinski definition) is 1. The van der Waals surface area contributed by atoms with Crippen LogP contribution < -0.4 is 14.8 Å². The summed E-state index contributed by atoms with van der Waals surface area (Å²) in [6.07, 6.45) is 0. The molecule has 0 bridgehead atoms. The monoisotopic (exact) mass is 418 g/mol. The lowest BCUT2D eigenvalue weighted by Crippen LogP contribution is -2.37. The lowest BCUT2D eigenvalue weighted by Gasteiger charge is -2.18. The van der Waals surface area contributed by atoms with Gasteiger partial charge in [-0.05, 0) is 61.4 Å². The zero-order chi connectivity index (χ0) is 22.2. The van der Waals surface area contributed by atoms with Gasteiger partial charge in [-0.2, -0.15) is 0 Å². The Kier molecular flexibility index (Phi) is 7.27. The van der Waals surface area contributed by atoms with Gasteiger partial charge in [-0.1, -0.05) is 36.4 Å². The summed E-state index contributed by atoms with van der Waals surface area (Å²) in [5, 5.41) is 2.88. The number of nitrogens with zero attached hydrogens (tertiary/aromatic N) is 1. The van der Waals surface area contributed by atoms with Gasteiger partial charge in [-0.25, -0.2) is 0 Å². The highest BCUT2D eigenvalue weighted by Gasteiger charge is 2.15. The molecular weight excluding hydrogens is 392 g/mol. The summed E-state index contributed by atoms with van der Waals surface area (Å²) in [5.74, 6) is 1.41. The van der Waals surface area contributed by atoms with Crippen molar-refractivity contribution in [3.8, 4) is 17.2 Å². The van der Waals surface area contributed by atoms with E-state index in [1.807, 2.05) is 62.4 Å². The van der Waals surface area contributed by atoms with Crippen molar-refractivity contribution in [1.29, 1.82) is 0 Å². The minimum Gasteiger partial charge on any atom is -0.484 e. The quantitative estimate of drug-likeness (QED) is 0.582. The SMILES string of the molecule is Cc1cccc(C)c1NC(=O)CN(C)C(=O)COc1ccc(Oc2ccccc2)cc1. The molecule has 0 aliphatic carbocycles. The van der Waals surface area contributed by atoms with E-state index in [1.54, 1.807) is 31.3 Å². The number of carbonyl (C=O) groups excluding carboxylic acids is 2. The van der Waals surface area contributed by atoms with Crippen LogP contribution in [0.3, 0.4) is 0 Å². The van der Waals surface area contributed by atoms with Crippen LogP contribution in [0.15, 0.2) is 72.8 Å². The van der Waals surface area contributed by atoms with Crippen molar-refractivity contribution < 1.29 is 19.1 Å². The number of rotatable bonds is 8. The molecule has 0 saturated heterocycles. The predicted octanol–water partition coefficient (Wildman–Crippen LogP) is 4.57. The van der Waals surface area contributed by atoms with Crippen molar-refractivity contribution in [2.45, 2.75) is 13.8 Å². The summed E-state index contributed by atoms with van der Waals surface area (Å²) < 4.78 is 11.3. The lowest BCUT2D eigenvalue weighted by atomic mass is 10.1. The Balaban J connectivity index is 1.47. The third-order valence-electron chi connectivity index (χ3n) is 4.72. The molecule has 0 radical (unpaired) electrons. The number of nitrogens with one attached hydrogen (secondary N) is 1. The molecule has 3 aromatic rings. The fraction of sp³-hybridized carbons (Fsp3) is 0.200. The second-order valence-electron chi connectivity index (χ2n) is 7.24. The summed E-state index contributed by atoms with van der Waals surface area (Å²) >= 11 is 0. The molecule has 0 heterocycles. The summed E-state index contributed by atoms with van der Waals surface area (Å²) in [4.78, 5) is 26.0. The zero-order valence-electron chi connectivity index (χ0n) is 17.9. The average Bonchev–Trinajstić information content (AvgIpc) is 2.76. The molecule has 6 heteroatoms. The van der Waals surface area contributed by atoms with Gasteiger partial charge in [0.05, 0.1) is 6.54 Å². The van der Waals surface area contributed by atoms with Crippen LogP contribution in [0.25, 0.3) is 0 Å². The summed E-state index contributed by atoms with van der Waals surface area (Å²) in [6, 6.07) is 22.3. The van der Waals surface area contributed by atoms with E-state index in [2.05, 4.69) is 5.32 Å². The molecule has 0 atom stereocenters. The first-order valence-electron chi connectivity index (χ1n) is 9.98. The van der Waals surface area contributed by atoms with Crippen LogP contribution in [-0.2, 0) is 9.59 Å². The van der Waals surface area contributed by atoms with Crippen molar-refractivity contribution in [2.75, 3.05) is 25.5 Å². The maximum absolute atomic E-state index is 12.3.